The van der Waals surface area contributed by atoms with Crippen LogP contribution in [-0.4, -0.2) is 17.9 Å². The van der Waals surface area contributed by atoms with Crippen molar-refractivity contribution in [1.29, 1.82) is 0 Å². The number of rotatable bonds is 2. The molecule has 0 aromatic heterocycles. The zero-order chi connectivity index (χ0) is 19.1. The van der Waals surface area contributed by atoms with Crippen LogP contribution < -0.4 is 0 Å². The molecule has 148 valence electrons. The van der Waals surface area contributed by atoms with Gasteiger partial charge < -0.3 is 4.74 Å². The summed E-state index contributed by atoms with van der Waals surface area (Å²) in [6.45, 7) is 9.08. The number of fused-ring (bicyclic) bond motifs is 8. The van der Waals surface area contributed by atoms with Crippen molar-refractivity contribution >= 4 is 11.8 Å². The molecular weight excluding hydrogens is 336 g/mol. The van der Waals surface area contributed by atoms with Gasteiger partial charge in [0.1, 0.15) is 6.10 Å². The molecule has 9 atom stereocenters. The Balaban J connectivity index is 1.49. The SMILES string of the molecule is CCC(=O)OC1C(C)CC2C3C4CC4C4=CC(=O)CCC4(C)C3CCC21C. The first kappa shape index (κ1) is 17.9. The minimum absolute atomic E-state index is 0.0354. The predicted molar refractivity (Wildman–Crippen MR) is 104 cm³/mol. The maximum atomic E-state index is 12.1. The van der Waals surface area contributed by atoms with Gasteiger partial charge in [-0.25, -0.2) is 0 Å². The molecule has 27 heavy (non-hydrogen) atoms. The van der Waals surface area contributed by atoms with Crippen molar-refractivity contribution in [2.75, 3.05) is 0 Å². The molecule has 0 amide bonds. The van der Waals surface area contributed by atoms with Gasteiger partial charge >= 0.3 is 5.97 Å². The standard InChI is InChI=1S/C24H34O3/c1-5-20(26)27-22-13(2)10-19-21-16-12-15(16)18-11-14(25)6-8-23(18,3)17(21)7-9-24(19,22)4/h11,13,15-17,19,21-22H,5-10,12H2,1-4H3. The Bertz CT molecular complexity index is 723. The molecule has 9 unspecified atom stereocenters. The maximum Gasteiger partial charge on any atom is 0.305 e. The van der Waals surface area contributed by atoms with Crippen LogP contribution in [0.15, 0.2) is 11.6 Å². The highest BCUT2D eigenvalue weighted by atomic mass is 16.5. The Morgan fingerprint density at radius 2 is 2.00 bits per heavy atom. The molecule has 0 aromatic rings. The van der Waals surface area contributed by atoms with Crippen molar-refractivity contribution in [3.63, 3.8) is 0 Å². The van der Waals surface area contributed by atoms with E-state index in [9.17, 15) is 9.59 Å². The lowest BCUT2D eigenvalue weighted by Crippen LogP contribution is -2.52. The predicted octanol–water partition coefficient (Wildman–Crippen LogP) is 4.94. The number of allylic oxidation sites excluding steroid dienone is 1. The smallest absolute Gasteiger partial charge is 0.305 e. The molecule has 0 aromatic carbocycles. The van der Waals surface area contributed by atoms with E-state index in [4.69, 9.17) is 4.74 Å². The van der Waals surface area contributed by atoms with Gasteiger partial charge in [-0.1, -0.05) is 33.3 Å². The monoisotopic (exact) mass is 370 g/mol. The third-order valence-electron chi connectivity index (χ3n) is 9.53. The first-order valence-corrected chi connectivity index (χ1v) is 11.2. The van der Waals surface area contributed by atoms with E-state index in [-0.39, 0.29) is 22.9 Å². The second-order valence-corrected chi connectivity index (χ2v) is 10.8. The summed E-state index contributed by atoms with van der Waals surface area (Å²) in [5, 5.41) is 0. The zero-order valence-electron chi connectivity index (χ0n) is 17.3. The summed E-state index contributed by atoms with van der Waals surface area (Å²) in [4.78, 5) is 24.2. The highest BCUT2D eigenvalue weighted by molar-refractivity contribution is 5.92. The summed E-state index contributed by atoms with van der Waals surface area (Å²) >= 11 is 0. The fourth-order valence-corrected chi connectivity index (χ4v) is 8.20. The number of ether oxygens (including phenoxy) is 1. The van der Waals surface area contributed by atoms with E-state index in [0.29, 0.717) is 35.9 Å². The number of esters is 1. The van der Waals surface area contributed by atoms with E-state index in [1.807, 2.05) is 13.0 Å². The second kappa shape index (κ2) is 5.70. The van der Waals surface area contributed by atoms with Gasteiger partial charge in [-0.3, -0.25) is 9.59 Å². The van der Waals surface area contributed by atoms with Crippen LogP contribution in [0.3, 0.4) is 0 Å². The molecule has 5 rings (SSSR count). The average molecular weight is 371 g/mol. The quantitative estimate of drug-likeness (QED) is 0.647. The third-order valence-corrected chi connectivity index (χ3v) is 9.53. The van der Waals surface area contributed by atoms with Crippen molar-refractivity contribution in [2.24, 2.45) is 46.3 Å². The van der Waals surface area contributed by atoms with E-state index in [2.05, 4.69) is 20.8 Å². The van der Waals surface area contributed by atoms with Gasteiger partial charge in [0, 0.05) is 18.3 Å². The molecule has 0 N–H and O–H groups in total. The van der Waals surface area contributed by atoms with E-state index in [1.54, 1.807) is 0 Å². The van der Waals surface area contributed by atoms with Crippen LogP contribution >= 0.6 is 0 Å². The summed E-state index contributed by atoms with van der Waals surface area (Å²) in [6.07, 6.45) is 9.28. The average Bonchev–Trinajstić information content (AvgIpc) is 3.38. The first-order chi connectivity index (χ1) is 12.8. The van der Waals surface area contributed by atoms with E-state index in [0.717, 1.165) is 24.7 Å². The molecule has 0 aliphatic heterocycles. The highest BCUT2D eigenvalue weighted by Crippen LogP contribution is 2.74. The van der Waals surface area contributed by atoms with Crippen LogP contribution in [0.1, 0.15) is 72.6 Å². The number of carbonyl (C=O) groups excluding carboxylic acids is 2. The lowest BCUT2D eigenvalue weighted by molar-refractivity contribution is -0.162. The fraction of sp³-hybridized carbons (Fsp3) is 0.833. The van der Waals surface area contributed by atoms with Crippen molar-refractivity contribution in [1.82, 2.24) is 0 Å². The van der Waals surface area contributed by atoms with Crippen LogP contribution in [0.5, 0.6) is 0 Å². The molecule has 5 aliphatic carbocycles. The summed E-state index contributed by atoms with van der Waals surface area (Å²) in [7, 11) is 0. The Hall–Kier alpha value is -1.12. The van der Waals surface area contributed by atoms with Crippen LogP contribution in [0, 0.1) is 46.3 Å². The topological polar surface area (TPSA) is 43.4 Å². The van der Waals surface area contributed by atoms with Crippen molar-refractivity contribution in [3.05, 3.63) is 11.6 Å². The second-order valence-electron chi connectivity index (χ2n) is 10.8. The molecule has 0 saturated heterocycles. The maximum absolute atomic E-state index is 12.1. The van der Waals surface area contributed by atoms with Gasteiger partial charge in [-0.05, 0) is 79.1 Å². The van der Waals surface area contributed by atoms with Gasteiger partial charge in [0.25, 0.3) is 0 Å². The van der Waals surface area contributed by atoms with E-state index >= 15 is 0 Å². The molecule has 0 spiro atoms. The Labute approximate surface area is 163 Å². The molecule has 3 nitrogen and oxygen atoms in total. The van der Waals surface area contributed by atoms with Crippen LogP contribution in [0.25, 0.3) is 0 Å². The molecule has 3 heteroatoms. The largest absolute Gasteiger partial charge is 0.461 e. The van der Waals surface area contributed by atoms with Crippen molar-refractivity contribution in [3.8, 4) is 0 Å². The zero-order valence-corrected chi connectivity index (χ0v) is 17.3. The fourth-order valence-electron chi connectivity index (χ4n) is 8.20. The van der Waals surface area contributed by atoms with Gasteiger partial charge in [0.05, 0.1) is 0 Å². The Morgan fingerprint density at radius 3 is 2.74 bits per heavy atom. The minimum Gasteiger partial charge on any atom is -0.461 e. The lowest BCUT2D eigenvalue weighted by Gasteiger charge is -2.57. The van der Waals surface area contributed by atoms with Gasteiger partial charge in [-0.2, -0.15) is 0 Å². The van der Waals surface area contributed by atoms with E-state index in [1.165, 1.54) is 31.3 Å². The van der Waals surface area contributed by atoms with Gasteiger partial charge in [0.2, 0.25) is 0 Å². The molecular formula is C24H34O3. The first-order valence-electron chi connectivity index (χ1n) is 11.2. The summed E-state index contributed by atoms with van der Waals surface area (Å²) in [5.41, 5.74) is 1.88. The highest BCUT2D eigenvalue weighted by Gasteiger charge is 2.68. The van der Waals surface area contributed by atoms with Crippen LogP contribution in [0.4, 0.5) is 0 Å². The normalized spacial score (nSPS) is 52.8. The molecule has 0 radical (unpaired) electrons. The molecule has 4 saturated carbocycles. The third kappa shape index (κ3) is 2.32. The number of hydrogen-bond donors (Lipinski definition) is 0. The molecule has 4 fully saturated rings. The summed E-state index contributed by atoms with van der Waals surface area (Å²) in [6, 6.07) is 0. The number of carbonyl (C=O) groups is 2. The van der Waals surface area contributed by atoms with E-state index < -0.39 is 0 Å². The Kier molecular flexibility index (Phi) is 3.79. The molecule has 0 heterocycles. The number of hydrogen-bond acceptors (Lipinski definition) is 3. The minimum atomic E-state index is -0.0354. The molecule has 5 aliphatic rings. The van der Waals surface area contributed by atoms with Crippen LogP contribution in [0.2, 0.25) is 0 Å². The molecule has 0 bridgehead atoms. The van der Waals surface area contributed by atoms with Crippen molar-refractivity contribution in [2.45, 2.75) is 78.7 Å². The summed E-state index contributed by atoms with van der Waals surface area (Å²) in [5.74, 6) is 4.37. The number of ketones is 1. The van der Waals surface area contributed by atoms with Crippen molar-refractivity contribution < 1.29 is 14.3 Å². The van der Waals surface area contributed by atoms with Crippen LogP contribution in [-0.2, 0) is 14.3 Å². The van der Waals surface area contributed by atoms with Gasteiger partial charge in [0.15, 0.2) is 5.78 Å². The van der Waals surface area contributed by atoms with Gasteiger partial charge in [-0.15, -0.1) is 0 Å². The summed E-state index contributed by atoms with van der Waals surface area (Å²) < 4.78 is 6.02. The Morgan fingerprint density at radius 1 is 1.22 bits per heavy atom. The lowest BCUT2D eigenvalue weighted by atomic mass is 9.47.